The lowest BCUT2D eigenvalue weighted by Crippen LogP contribution is -2.40. The summed E-state index contributed by atoms with van der Waals surface area (Å²) in [7, 11) is 0. The normalized spacial score (nSPS) is 20.7. The Bertz CT molecular complexity index is 310. The molecular formula is C9H13BrN2OS. The summed E-state index contributed by atoms with van der Waals surface area (Å²) in [5, 5.41) is 6.45. The number of aromatic nitrogens is 1. The molecule has 1 aromatic heterocycles. The molecule has 0 radical (unpaired) electrons. The molecule has 2 heterocycles. The molecule has 0 spiro atoms. The van der Waals surface area contributed by atoms with Crippen molar-refractivity contribution in [1.82, 2.24) is 4.98 Å². The lowest BCUT2D eigenvalue weighted by molar-refractivity contribution is 0.0658. The van der Waals surface area contributed by atoms with Crippen LogP contribution in [0.4, 0.5) is 5.13 Å². The van der Waals surface area contributed by atoms with Gasteiger partial charge in [0.15, 0.2) is 5.13 Å². The number of rotatable bonds is 2. The minimum Gasteiger partial charge on any atom is -0.381 e. The lowest BCUT2D eigenvalue weighted by atomic mass is 9.93. The minimum atomic E-state index is 0.148. The van der Waals surface area contributed by atoms with Gasteiger partial charge >= 0.3 is 0 Å². The fourth-order valence-electron chi connectivity index (χ4n) is 1.52. The summed E-state index contributed by atoms with van der Waals surface area (Å²) < 4.78 is 6.24. The predicted octanol–water partition coefficient (Wildman–Crippen LogP) is 2.89. The van der Waals surface area contributed by atoms with Gasteiger partial charge in [0.1, 0.15) is 4.60 Å². The standard InChI is InChI=1S/C9H13BrN2OS/c1-9(2-4-13-5-3-9)12-8-11-7(10)6-14-8/h6H,2-5H2,1H3,(H,11,12). The maximum Gasteiger partial charge on any atom is 0.184 e. The summed E-state index contributed by atoms with van der Waals surface area (Å²) >= 11 is 4.98. The average Bonchev–Trinajstić information content (AvgIpc) is 2.51. The molecule has 0 amide bonds. The molecule has 0 aliphatic carbocycles. The number of hydrogen-bond acceptors (Lipinski definition) is 4. The van der Waals surface area contributed by atoms with Crippen molar-refractivity contribution < 1.29 is 4.74 Å². The van der Waals surface area contributed by atoms with Gasteiger partial charge in [-0.2, -0.15) is 0 Å². The molecule has 78 valence electrons. The van der Waals surface area contributed by atoms with Gasteiger partial charge in [-0.05, 0) is 35.7 Å². The van der Waals surface area contributed by atoms with E-state index in [9.17, 15) is 0 Å². The highest BCUT2D eigenvalue weighted by atomic mass is 79.9. The lowest BCUT2D eigenvalue weighted by Gasteiger charge is -2.34. The van der Waals surface area contributed by atoms with Crippen LogP contribution in [0.1, 0.15) is 19.8 Å². The molecule has 5 heteroatoms. The summed E-state index contributed by atoms with van der Waals surface area (Å²) in [6.07, 6.45) is 2.09. The van der Waals surface area contributed by atoms with Crippen molar-refractivity contribution >= 4 is 32.4 Å². The van der Waals surface area contributed by atoms with E-state index in [1.807, 2.05) is 5.38 Å². The van der Waals surface area contributed by atoms with Crippen LogP contribution in [0.3, 0.4) is 0 Å². The second-order valence-corrected chi connectivity index (χ2v) is 5.44. The van der Waals surface area contributed by atoms with Crippen molar-refractivity contribution in [3.8, 4) is 0 Å². The third-order valence-electron chi connectivity index (χ3n) is 2.48. The first kappa shape index (κ1) is 10.4. The topological polar surface area (TPSA) is 34.2 Å². The monoisotopic (exact) mass is 276 g/mol. The SMILES string of the molecule is CC1(Nc2nc(Br)cs2)CCOCC1. The van der Waals surface area contributed by atoms with E-state index in [0.717, 1.165) is 35.8 Å². The Hall–Kier alpha value is -0.130. The Kier molecular flexibility index (Phi) is 3.09. The van der Waals surface area contributed by atoms with Gasteiger partial charge in [0, 0.05) is 24.1 Å². The van der Waals surface area contributed by atoms with Crippen LogP contribution in [0.5, 0.6) is 0 Å². The fraction of sp³-hybridized carbons (Fsp3) is 0.667. The second kappa shape index (κ2) is 4.16. The van der Waals surface area contributed by atoms with E-state index in [1.165, 1.54) is 0 Å². The van der Waals surface area contributed by atoms with Crippen LogP contribution in [-0.2, 0) is 4.74 Å². The number of anilines is 1. The van der Waals surface area contributed by atoms with Gasteiger partial charge in [0.25, 0.3) is 0 Å². The molecule has 3 nitrogen and oxygen atoms in total. The minimum absolute atomic E-state index is 0.148. The van der Waals surface area contributed by atoms with Gasteiger partial charge in [0.2, 0.25) is 0 Å². The summed E-state index contributed by atoms with van der Waals surface area (Å²) in [5.74, 6) is 0. The molecular weight excluding hydrogens is 264 g/mol. The first-order valence-corrected chi connectivity index (χ1v) is 6.32. The van der Waals surface area contributed by atoms with Gasteiger partial charge < -0.3 is 10.1 Å². The largest absolute Gasteiger partial charge is 0.381 e. The van der Waals surface area contributed by atoms with Crippen molar-refractivity contribution in [2.75, 3.05) is 18.5 Å². The zero-order chi connectivity index (χ0) is 10.0. The van der Waals surface area contributed by atoms with Crippen molar-refractivity contribution in [1.29, 1.82) is 0 Å². The molecule has 1 N–H and O–H groups in total. The molecule has 14 heavy (non-hydrogen) atoms. The Morgan fingerprint density at radius 2 is 2.29 bits per heavy atom. The van der Waals surface area contributed by atoms with Crippen LogP contribution in [0, 0.1) is 0 Å². The number of thiazole rings is 1. The van der Waals surface area contributed by atoms with E-state index in [2.05, 4.69) is 33.2 Å². The molecule has 0 aromatic carbocycles. The van der Waals surface area contributed by atoms with Crippen LogP contribution in [0.25, 0.3) is 0 Å². The highest BCUT2D eigenvalue weighted by molar-refractivity contribution is 9.10. The third-order valence-corrected chi connectivity index (χ3v) is 3.95. The number of nitrogens with zero attached hydrogens (tertiary/aromatic N) is 1. The summed E-state index contributed by atoms with van der Waals surface area (Å²) in [6.45, 7) is 3.91. The van der Waals surface area contributed by atoms with Gasteiger partial charge in [-0.15, -0.1) is 11.3 Å². The van der Waals surface area contributed by atoms with Crippen molar-refractivity contribution in [3.05, 3.63) is 9.98 Å². The zero-order valence-electron chi connectivity index (χ0n) is 8.05. The molecule has 2 rings (SSSR count). The van der Waals surface area contributed by atoms with Gasteiger partial charge in [-0.3, -0.25) is 0 Å². The smallest absolute Gasteiger partial charge is 0.184 e. The summed E-state index contributed by atoms with van der Waals surface area (Å²) in [6, 6.07) is 0. The highest BCUT2D eigenvalue weighted by Gasteiger charge is 2.27. The van der Waals surface area contributed by atoms with Gasteiger partial charge in [-0.25, -0.2) is 4.98 Å². The Morgan fingerprint density at radius 1 is 1.57 bits per heavy atom. The van der Waals surface area contributed by atoms with E-state index >= 15 is 0 Å². The quantitative estimate of drug-likeness (QED) is 0.902. The van der Waals surface area contributed by atoms with Crippen LogP contribution in [0.2, 0.25) is 0 Å². The first-order valence-electron chi connectivity index (χ1n) is 4.65. The molecule has 1 aliphatic heterocycles. The zero-order valence-corrected chi connectivity index (χ0v) is 10.4. The number of hydrogen-bond donors (Lipinski definition) is 1. The Balaban J connectivity index is 2.01. The number of halogens is 1. The Morgan fingerprint density at radius 3 is 2.86 bits per heavy atom. The first-order chi connectivity index (χ1) is 6.68. The predicted molar refractivity (Wildman–Crippen MR) is 61.9 cm³/mol. The van der Waals surface area contributed by atoms with Crippen LogP contribution in [0.15, 0.2) is 9.98 Å². The van der Waals surface area contributed by atoms with Gasteiger partial charge in [-0.1, -0.05) is 0 Å². The molecule has 0 atom stereocenters. The number of ether oxygens (including phenoxy) is 1. The second-order valence-electron chi connectivity index (χ2n) is 3.77. The van der Waals surface area contributed by atoms with Crippen LogP contribution < -0.4 is 5.32 Å². The fourth-order valence-corrected chi connectivity index (χ4v) is 2.81. The Labute approximate surface area is 96.0 Å². The molecule has 1 aromatic rings. The van der Waals surface area contributed by atoms with Gasteiger partial charge in [0.05, 0.1) is 0 Å². The van der Waals surface area contributed by atoms with Crippen LogP contribution in [-0.4, -0.2) is 23.7 Å². The molecule has 0 unspecified atom stereocenters. The maximum absolute atomic E-state index is 5.34. The van der Waals surface area contributed by atoms with E-state index in [-0.39, 0.29) is 5.54 Å². The van der Waals surface area contributed by atoms with Crippen molar-refractivity contribution in [2.45, 2.75) is 25.3 Å². The molecule has 1 saturated heterocycles. The highest BCUT2D eigenvalue weighted by Crippen LogP contribution is 2.28. The van der Waals surface area contributed by atoms with Crippen molar-refractivity contribution in [3.63, 3.8) is 0 Å². The summed E-state index contributed by atoms with van der Waals surface area (Å²) in [5.41, 5.74) is 0.148. The molecule has 1 fully saturated rings. The average molecular weight is 277 g/mol. The third kappa shape index (κ3) is 2.46. The summed E-state index contributed by atoms with van der Waals surface area (Å²) in [4.78, 5) is 4.33. The van der Waals surface area contributed by atoms with E-state index in [1.54, 1.807) is 11.3 Å². The molecule has 1 aliphatic rings. The van der Waals surface area contributed by atoms with Crippen molar-refractivity contribution in [2.24, 2.45) is 0 Å². The van der Waals surface area contributed by atoms with E-state index < -0.39 is 0 Å². The van der Waals surface area contributed by atoms with E-state index in [4.69, 9.17) is 4.74 Å². The molecule has 0 saturated carbocycles. The molecule has 0 bridgehead atoms. The van der Waals surface area contributed by atoms with E-state index in [0.29, 0.717) is 0 Å². The maximum atomic E-state index is 5.34. The van der Waals surface area contributed by atoms with Crippen LogP contribution >= 0.6 is 27.3 Å². The number of nitrogens with one attached hydrogen (secondary N) is 1.